The van der Waals surface area contributed by atoms with E-state index >= 15 is 0 Å². The van der Waals surface area contributed by atoms with Crippen LogP contribution in [0.1, 0.15) is 70.8 Å². The van der Waals surface area contributed by atoms with E-state index < -0.39 is 95.8 Å². The number of likely N-dealkylation sites (N-methyl/N-ethyl adjacent to an activating group) is 1. The summed E-state index contributed by atoms with van der Waals surface area (Å²) in [6, 6.07) is -1.52. The van der Waals surface area contributed by atoms with Crippen molar-refractivity contribution in [3.05, 3.63) is 29.8 Å². The summed E-state index contributed by atoms with van der Waals surface area (Å²) in [5, 5.41) is 23.0. The Kier molecular flexibility index (Phi) is 19.8. The highest BCUT2D eigenvalue weighted by atomic mass is 33.1. The maximum absolute atomic E-state index is 14.4. The average Bonchev–Trinajstić information content (AvgIpc) is 3.63. The van der Waals surface area contributed by atoms with Gasteiger partial charge >= 0.3 is 0 Å². The number of carbonyl (C=O) groups is 9. The van der Waals surface area contributed by atoms with E-state index in [4.69, 9.17) is 11.5 Å². The third kappa shape index (κ3) is 15.6. The van der Waals surface area contributed by atoms with Crippen molar-refractivity contribution in [2.24, 2.45) is 17.4 Å². The monoisotopic (exact) mass is 918 g/mol. The Morgan fingerprint density at radius 3 is 2.14 bits per heavy atom. The first-order valence-electron chi connectivity index (χ1n) is 21.3. The fourth-order valence-electron chi connectivity index (χ4n) is 7.52. The summed E-state index contributed by atoms with van der Waals surface area (Å²) in [4.78, 5) is 127. The zero-order valence-corrected chi connectivity index (χ0v) is 37.7. The lowest BCUT2D eigenvalue weighted by atomic mass is 9.96. The van der Waals surface area contributed by atoms with Gasteiger partial charge in [0.1, 0.15) is 42.0 Å². The topological polar surface area (TPSA) is 296 Å². The Morgan fingerprint density at radius 1 is 0.778 bits per heavy atom. The minimum atomic E-state index is -1.64. The van der Waals surface area contributed by atoms with Crippen LogP contribution in [0.5, 0.6) is 5.75 Å². The summed E-state index contributed by atoms with van der Waals surface area (Å²) < 4.78 is 0. The average molecular weight is 919 g/mol. The van der Waals surface area contributed by atoms with Crippen molar-refractivity contribution in [2.45, 2.75) is 108 Å². The van der Waals surface area contributed by atoms with E-state index in [9.17, 15) is 48.3 Å². The van der Waals surface area contributed by atoms with Gasteiger partial charge in [-0.15, -0.1) is 0 Å². The lowest BCUT2D eigenvalue weighted by molar-refractivity contribution is -0.145. The van der Waals surface area contributed by atoms with Crippen LogP contribution in [0.25, 0.3) is 0 Å². The number of benzene rings is 1. The number of aromatic hydroxyl groups is 1. The van der Waals surface area contributed by atoms with Gasteiger partial charge in [0, 0.05) is 56.9 Å². The fourth-order valence-corrected chi connectivity index (χ4v) is 9.67. The smallest absolute Gasteiger partial charge is 0.246 e. The predicted molar refractivity (Wildman–Crippen MR) is 236 cm³/mol. The summed E-state index contributed by atoms with van der Waals surface area (Å²) in [5.41, 5.74) is 11.5. The first-order chi connectivity index (χ1) is 30.0. The molecule has 9 amide bonds. The third-order valence-electron chi connectivity index (χ3n) is 11.4. The number of nitrogens with one attached hydrogen (secondary N) is 5. The van der Waals surface area contributed by atoms with E-state index in [0.29, 0.717) is 44.5 Å². The van der Waals surface area contributed by atoms with Gasteiger partial charge in [0.25, 0.3) is 0 Å². The molecule has 10 N–H and O–H groups in total. The molecule has 3 heterocycles. The Morgan fingerprint density at radius 2 is 1.46 bits per heavy atom. The second-order valence-corrected chi connectivity index (χ2v) is 18.9. The van der Waals surface area contributed by atoms with E-state index in [1.807, 2.05) is 7.05 Å². The van der Waals surface area contributed by atoms with Crippen LogP contribution in [0.2, 0.25) is 0 Å². The van der Waals surface area contributed by atoms with Crippen LogP contribution < -0.4 is 38.1 Å². The van der Waals surface area contributed by atoms with Gasteiger partial charge in [0.15, 0.2) is 0 Å². The van der Waals surface area contributed by atoms with Gasteiger partial charge < -0.3 is 57.9 Å². The zero-order valence-electron chi connectivity index (χ0n) is 36.1. The molecule has 3 aliphatic rings. The minimum Gasteiger partial charge on any atom is -0.508 e. The molecule has 3 aliphatic heterocycles. The molecule has 20 nitrogen and oxygen atoms in total. The summed E-state index contributed by atoms with van der Waals surface area (Å²) in [6.07, 6.45) is 0.687. The Labute approximate surface area is 375 Å². The molecule has 63 heavy (non-hydrogen) atoms. The molecule has 1 aromatic rings. The van der Waals surface area contributed by atoms with Crippen LogP contribution in [0.15, 0.2) is 24.3 Å². The predicted octanol–water partition coefficient (Wildman–Crippen LogP) is -1.51. The highest BCUT2D eigenvalue weighted by Crippen LogP contribution is 2.27. The van der Waals surface area contributed by atoms with E-state index in [-0.39, 0.29) is 55.4 Å². The third-order valence-corrected chi connectivity index (χ3v) is 13.8. The molecule has 4 rings (SSSR count). The number of phenols is 1. The van der Waals surface area contributed by atoms with Crippen LogP contribution >= 0.6 is 21.6 Å². The van der Waals surface area contributed by atoms with Gasteiger partial charge in [-0.3, -0.25) is 43.2 Å². The molecule has 0 radical (unpaired) electrons. The van der Waals surface area contributed by atoms with Gasteiger partial charge in [-0.05, 0) is 62.9 Å². The number of amides is 9. The first-order valence-corrected chi connectivity index (χ1v) is 23.8. The van der Waals surface area contributed by atoms with Gasteiger partial charge in [-0.25, -0.2) is 0 Å². The molecule has 0 spiro atoms. The summed E-state index contributed by atoms with van der Waals surface area (Å²) in [6.45, 7) is 6.29. The Hall–Kier alpha value is -5.09. The Bertz CT molecular complexity index is 1820. The zero-order chi connectivity index (χ0) is 46.2. The number of carbonyl (C=O) groups excluding carboxylic acids is 9. The van der Waals surface area contributed by atoms with Crippen molar-refractivity contribution < 1.29 is 48.3 Å². The number of hydrogen-bond donors (Lipinski definition) is 8. The van der Waals surface area contributed by atoms with E-state index in [1.54, 1.807) is 30.9 Å². The molecule has 1 aromatic carbocycles. The van der Waals surface area contributed by atoms with Gasteiger partial charge in [0.05, 0.1) is 6.42 Å². The van der Waals surface area contributed by atoms with Crippen LogP contribution in [0.3, 0.4) is 0 Å². The quantitative estimate of drug-likeness (QED) is 0.117. The van der Waals surface area contributed by atoms with E-state index in [0.717, 1.165) is 13.0 Å². The van der Waals surface area contributed by atoms with Crippen molar-refractivity contribution >= 4 is 74.8 Å². The highest BCUT2D eigenvalue weighted by molar-refractivity contribution is 8.76. The molecular weight excluding hydrogens is 857 g/mol. The Balaban J connectivity index is 1.67. The lowest BCUT2D eigenvalue weighted by Gasteiger charge is -2.32. The number of hydrogen-bond acceptors (Lipinski definition) is 13. The van der Waals surface area contributed by atoms with E-state index in [2.05, 4.69) is 31.5 Å². The minimum absolute atomic E-state index is 0.000576. The maximum Gasteiger partial charge on any atom is 0.246 e. The van der Waals surface area contributed by atoms with Crippen molar-refractivity contribution in [1.29, 1.82) is 0 Å². The van der Waals surface area contributed by atoms with Crippen LogP contribution in [-0.4, -0.2) is 160 Å². The standard InChI is InChI=1S/C41H62N10O10S2/c1-4-24(2)35-39(59)45-27(12-13-32(42)53)36(56)46-29(22-33(43)54)37(57)47-30(40(60)51-17-5-7-31(51)41(61)50-16-6-15-49(3)18-19-50)23-63-62-20-14-34(55)44-28(38(58)48-35)21-25-8-10-26(52)11-9-25/h8-11,24,27-31,35,52H,4-7,12-23H2,1-3H3,(H2,42,53)(H2,43,54)(H,44,55)(H,45,59)(H,46,56)(H,47,57)(H,48,58)/t24-,27-,28-,29-,30-,31-,35-/m0/s1. The van der Waals surface area contributed by atoms with Crippen LogP contribution in [0.4, 0.5) is 0 Å². The summed E-state index contributed by atoms with van der Waals surface area (Å²) in [5.74, 6) is -6.75. The SMILES string of the molecule is CC[C@H](C)[C@@H]1NC(=O)[C@H](Cc2ccc(O)cc2)NC(=O)CCSSC[C@@H](C(=O)N2CCC[C@H]2C(=O)N2CCCN(C)CC2)NC(=O)[C@H](CC(N)=O)NC(=O)[C@H](CCC(N)=O)NC1=O. The molecule has 0 saturated carbocycles. The summed E-state index contributed by atoms with van der Waals surface area (Å²) >= 11 is 0. The van der Waals surface area contributed by atoms with Gasteiger partial charge in [-0.1, -0.05) is 54.0 Å². The lowest BCUT2D eigenvalue weighted by Crippen LogP contribution is -2.61. The summed E-state index contributed by atoms with van der Waals surface area (Å²) in [7, 11) is 4.39. The number of primary amides is 2. The van der Waals surface area contributed by atoms with Crippen LogP contribution in [0, 0.1) is 5.92 Å². The number of rotatable bonds is 11. The molecule has 22 heteroatoms. The number of likely N-dealkylation sites (tertiary alicyclic amines) is 1. The second kappa shape index (κ2) is 24.7. The molecule has 3 saturated heterocycles. The van der Waals surface area contributed by atoms with Crippen molar-refractivity contribution in [2.75, 3.05) is 51.3 Å². The molecule has 7 atom stereocenters. The number of nitrogens with zero attached hydrogens (tertiary/aromatic N) is 3. The molecule has 348 valence electrons. The maximum atomic E-state index is 14.4. The van der Waals surface area contributed by atoms with Gasteiger partial charge in [-0.2, -0.15) is 0 Å². The molecule has 0 aromatic heterocycles. The molecule has 0 bridgehead atoms. The largest absolute Gasteiger partial charge is 0.508 e. The highest BCUT2D eigenvalue weighted by Gasteiger charge is 2.41. The first kappa shape index (κ1) is 50.6. The molecular formula is C41H62N10O10S2. The fraction of sp³-hybridized carbons (Fsp3) is 0.634. The van der Waals surface area contributed by atoms with Crippen molar-refractivity contribution in [3.8, 4) is 5.75 Å². The normalized spacial score (nSPS) is 25.9. The van der Waals surface area contributed by atoms with Crippen molar-refractivity contribution in [3.63, 3.8) is 0 Å². The van der Waals surface area contributed by atoms with Gasteiger partial charge in [0.2, 0.25) is 53.2 Å². The number of phenolic OH excluding ortho intramolecular Hbond substituents is 1. The molecule has 3 fully saturated rings. The molecule has 0 aliphatic carbocycles. The second-order valence-electron chi connectivity index (χ2n) is 16.2. The van der Waals surface area contributed by atoms with E-state index in [1.165, 1.54) is 38.6 Å². The molecule has 0 unspecified atom stereocenters. The number of nitrogens with two attached hydrogens (primary N) is 2. The van der Waals surface area contributed by atoms with Crippen molar-refractivity contribution in [1.82, 2.24) is 41.3 Å². The van der Waals surface area contributed by atoms with Crippen LogP contribution in [-0.2, 0) is 49.6 Å².